The first-order chi connectivity index (χ1) is 16.7. The van der Waals surface area contributed by atoms with Crippen LogP contribution < -0.4 is 0 Å². The Hall–Kier alpha value is -3.98. The van der Waals surface area contributed by atoms with E-state index in [2.05, 4.69) is 37.5 Å². The molecule has 9 heteroatoms. The average molecular weight is 453 g/mol. The zero-order valence-corrected chi connectivity index (χ0v) is 18.6. The van der Waals surface area contributed by atoms with E-state index in [-0.39, 0.29) is 6.10 Å². The van der Waals surface area contributed by atoms with E-state index in [4.69, 9.17) is 4.98 Å². The summed E-state index contributed by atoms with van der Waals surface area (Å²) in [6.45, 7) is 0.679. The third kappa shape index (κ3) is 4.17. The quantitative estimate of drug-likeness (QED) is 0.421. The van der Waals surface area contributed by atoms with Gasteiger partial charge in [-0.1, -0.05) is 23.4 Å². The number of aliphatic hydroxyl groups excluding tert-OH is 1. The fourth-order valence-corrected chi connectivity index (χ4v) is 4.60. The number of aromatic nitrogens is 8. The molecule has 0 unspecified atom stereocenters. The third-order valence-electron chi connectivity index (χ3n) is 6.37. The van der Waals surface area contributed by atoms with Crippen molar-refractivity contribution < 1.29 is 5.11 Å². The molecule has 6 rings (SSSR count). The molecule has 9 nitrogen and oxygen atoms in total. The average Bonchev–Trinajstić information content (AvgIpc) is 3.60. The fourth-order valence-electron chi connectivity index (χ4n) is 4.60. The van der Waals surface area contributed by atoms with Gasteiger partial charge in [0, 0.05) is 30.6 Å². The van der Waals surface area contributed by atoms with Crippen molar-refractivity contribution in [1.29, 1.82) is 0 Å². The lowest BCUT2D eigenvalue weighted by Gasteiger charge is -2.08. The molecule has 1 aliphatic rings. The number of fused-ring (bicyclic) bond motifs is 1. The number of rotatable bonds is 6. The predicted octanol–water partition coefficient (Wildman–Crippen LogP) is 3.22. The summed E-state index contributed by atoms with van der Waals surface area (Å²) >= 11 is 0. The van der Waals surface area contributed by atoms with Crippen molar-refractivity contribution in [2.75, 3.05) is 0 Å². The Labute approximate surface area is 196 Å². The highest BCUT2D eigenvalue weighted by atomic mass is 16.3. The van der Waals surface area contributed by atoms with Gasteiger partial charge in [-0.25, -0.2) is 9.97 Å². The van der Waals surface area contributed by atoms with Crippen LogP contribution in [0.25, 0.3) is 28.0 Å². The molecule has 34 heavy (non-hydrogen) atoms. The molecule has 4 aromatic heterocycles. The van der Waals surface area contributed by atoms with E-state index in [1.165, 1.54) is 0 Å². The molecule has 0 saturated heterocycles. The first-order valence-electron chi connectivity index (χ1n) is 11.5. The molecule has 0 aliphatic heterocycles. The smallest absolute Gasteiger partial charge is 0.187 e. The van der Waals surface area contributed by atoms with Gasteiger partial charge in [-0.15, -0.1) is 5.10 Å². The van der Waals surface area contributed by atoms with E-state index in [0.717, 1.165) is 53.9 Å². The van der Waals surface area contributed by atoms with E-state index >= 15 is 0 Å². The Morgan fingerprint density at radius 1 is 1.00 bits per heavy atom. The van der Waals surface area contributed by atoms with Crippen LogP contribution in [0.4, 0.5) is 0 Å². The summed E-state index contributed by atoms with van der Waals surface area (Å²) < 4.78 is 3.66. The van der Waals surface area contributed by atoms with Crippen LogP contribution in [0.5, 0.6) is 0 Å². The van der Waals surface area contributed by atoms with Gasteiger partial charge >= 0.3 is 0 Å². The van der Waals surface area contributed by atoms with Gasteiger partial charge < -0.3 is 5.11 Å². The molecule has 170 valence electrons. The highest BCUT2D eigenvalue weighted by Gasteiger charge is 2.24. The van der Waals surface area contributed by atoms with Crippen molar-refractivity contribution >= 4 is 11.2 Å². The van der Waals surface area contributed by atoms with Crippen LogP contribution >= 0.6 is 0 Å². The van der Waals surface area contributed by atoms with Gasteiger partial charge in [-0.3, -0.25) is 9.67 Å². The summed E-state index contributed by atoms with van der Waals surface area (Å²) in [6, 6.07) is 12.1. The van der Waals surface area contributed by atoms with Gasteiger partial charge in [0.25, 0.3) is 0 Å². The van der Waals surface area contributed by atoms with Crippen LogP contribution in [-0.4, -0.2) is 50.9 Å². The predicted molar refractivity (Wildman–Crippen MR) is 126 cm³/mol. The maximum absolute atomic E-state index is 9.81. The molecule has 1 N–H and O–H groups in total. The fraction of sp³-hybridized carbons (Fsp3) is 0.280. The second-order valence-corrected chi connectivity index (χ2v) is 8.87. The van der Waals surface area contributed by atoms with Crippen molar-refractivity contribution in [2.24, 2.45) is 5.92 Å². The summed E-state index contributed by atoms with van der Waals surface area (Å²) in [5, 5.41) is 22.8. The second-order valence-electron chi connectivity index (χ2n) is 8.87. The number of aliphatic hydroxyl groups is 1. The van der Waals surface area contributed by atoms with Crippen LogP contribution in [0.3, 0.4) is 0 Å². The van der Waals surface area contributed by atoms with Gasteiger partial charge in [-0.2, -0.15) is 9.78 Å². The molecule has 2 atom stereocenters. The molecule has 1 saturated carbocycles. The van der Waals surface area contributed by atoms with E-state index in [1.807, 2.05) is 47.5 Å². The normalized spacial score (nSPS) is 18.0. The van der Waals surface area contributed by atoms with Crippen LogP contribution in [0.1, 0.15) is 30.7 Å². The van der Waals surface area contributed by atoms with Crippen molar-refractivity contribution in [3.8, 4) is 16.8 Å². The summed E-state index contributed by atoms with van der Waals surface area (Å²) in [5.41, 5.74) is 5.46. The summed E-state index contributed by atoms with van der Waals surface area (Å²) in [6.07, 6.45) is 12.5. The number of hydrogen-bond donors (Lipinski definition) is 1. The Morgan fingerprint density at radius 2 is 1.91 bits per heavy atom. The summed E-state index contributed by atoms with van der Waals surface area (Å²) in [5.74, 6) is 1.20. The minimum absolute atomic E-state index is 0.193. The Balaban J connectivity index is 1.22. The lowest BCUT2D eigenvalue weighted by molar-refractivity contribution is 0.177. The summed E-state index contributed by atoms with van der Waals surface area (Å²) in [4.78, 5) is 13.4. The zero-order chi connectivity index (χ0) is 22.9. The molecular weight excluding hydrogens is 428 g/mol. The second kappa shape index (κ2) is 8.75. The Morgan fingerprint density at radius 3 is 2.71 bits per heavy atom. The van der Waals surface area contributed by atoms with Crippen molar-refractivity contribution in [3.63, 3.8) is 0 Å². The van der Waals surface area contributed by atoms with Crippen molar-refractivity contribution in [1.82, 2.24) is 39.7 Å². The van der Waals surface area contributed by atoms with Crippen molar-refractivity contribution in [3.05, 3.63) is 78.8 Å². The standard InChI is InChI=1S/C25H24N8O/c34-22-8-3-17(10-22)11-24-27-14-23-25(29-24)33(31-30-23)21-6-4-19(5-7-21)20-13-28-32(16-20)15-18-2-1-9-26-12-18/h1-2,4-7,9,12-14,16-17,22,34H,3,8,10-11,15H2/t17-,22-/m1/s1. The molecule has 1 aliphatic carbocycles. The SMILES string of the molecule is O[C@@H]1CC[C@@H](Cc2ncc3nnn(-c4ccc(-c5cnn(Cc6cccnc6)c5)cc4)c3n2)C1. The van der Waals surface area contributed by atoms with Crippen LogP contribution in [0.2, 0.25) is 0 Å². The topological polar surface area (TPSA) is 107 Å². The first-order valence-corrected chi connectivity index (χ1v) is 11.5. The molecule has 0 radical (unpaired) electrons. The number of hydrogen-bond acceptors (Lipinski definition) is 7. The lowest BCUT2D eigenvalue weighted by atomic mass is 10.0. The minimum Gasteiger partial charge on any atom is -0.393 e. The van der Waals surface area contributed by atoms with E-state index in [0.29, 0.717) is 23.6 Å². The number of pyridine rings is 1. The Kier molecular flexibility index (Phi) is 5.31. The molecule has 5 aromatic rings. The van der Waals surface area contributed by atoms with Gasteiger partial charge in [0.1, 0.15) is 5.82 Å². The zero-order valence-electron chi connectivity index (χ0n) is 18.6. The van der Waals surface area contributed by atoms with Crippen LogP contribution in [-0.2, 0) is 13.0 Å². The molecule has 1 aromatic carbocycles. The molecule has 0 amide bonds. The molecule has 1 fully saturated rings. The van der Waals surface area contributed by atoms with E-state index < -0.39 is 0 Å². The minimum atomic E-state index is -0.193. The Bertz CT molecular complexity index is 1410. The summed E-state index contributed by atoms with van der Waals surface area (Å²) in [7, 11) is 0. The highest BCUT2D eigenvalue weighted by molar-refractivity contribution is 5.71. The van der Waals surface area contributed by atoms with E-state index in [1.54, 1.807) is 17.1 Å². The lowest BCUT2D eigenvalue weighted by Crippen LogP contribution is -2.07. The van der Waals surface area contributed by atoms with Crippen LogP contribution in [0, 0.1) is 5.92 Å². The molecule has 0 spiro atoms. The number of nitrogens with zero attached hydrogens (tertiary/aromatic N) is 8. The highest BCUT2D eigenvalue weighted by Crippen LogP contribution is 2.28. The first kappa shape index (κ1) is 20.6. The third-order valence-corrected chi connectivity index (χ3v) is 6.37. The monoisotopic (exact) mass is 452 g/mol. The van der Waals surface area contributed by atoms with Gasteiger partial charge in [-0.05, 0) is 54.5 Å². The maximum Gasteiger partial charge on any atom is 0.187 e. The van der Waals surface area contributed by atoms with Crippen LogP contribution in [0.15, 0.2) is 67.4 Å². The molecule has 4 heterocycles. The van der Waals surface area contributed by atoms with Gasteiger partial charge in [0.15, 0.2) is 11.2 Å². The van der Waals surface area contributed by atoms with E-state index in [9.17, 15) is 5.11 Å². The molecular formula is C25H24N8O. The maximum atomic E-state index is 9.81. The largest absolute Gasteiger partial charge is 0.393 e. The number of benzene rings is 1. The molecule has 0 bridgehead atoms. The van der Waals surface area contributed by atoms with Crippen molar-refractivity contribution in [2.45, 2.75) is 38.3 Å². The van der Waals surface area contributed by atoms with Gasteiger partial charge in [0.05, 0.1) is 30.7 Å². The van der Waals surface area contributed by atoms with Gasteiger partial charge in [0.2, 0.25) is 0 Å².